The van der Waals surface area contributed by atoms with Crippen LogP contribution < -0.4 is 4.90 Å². The zero-order chi connectivity index (χ0) is 16.9. The molecule has 1 aliphatic heterocycles. The highest BCUT2D eigenvalue weighted by molar-refractivity contribution is 8.16. The summed E-state index contributed by atoms with van der Waals surface area (Å²) in [6.07, 6.45) is 5.14. The topological polar surface area (TPSA) is 82.3 Å². The maximum Gasteiger partial charge on any atom is 0.305 e. The summed E-state index contributed by atoms with van der Waals surface area (Å²) in [5.41, 5.74) is 1.74. The highest BCUT2D eigenvalue weighted by atomic mass is 32.2. The molecule has 0 radical (unpaired) electrons. The van der Waals surface area contributed by atoms with Crippen LogP contribution in [0.25, 0.3) is 0 Å². The molecule has 1 atom stereocenters. The van der Waals surface area contributed by atoms with E-state index in [4.69, 9.17) is 5.11 Å². The fourth-order valence-electron chi connectivity index (χ4n) is 2.81. The number of carbonyl (C=O) groups is 2. The minimum atomic E-state index is -0.992. The van der Waals surface area contributed by atoms with Crippen molar-refractivity contribution in [2.24, 2.45) is 10.2 Å². The van der Waals surface area contributed by atoms with E-state index < -0.39 is 11.2 Å². The molecule has 2 aliphatic rings. The summed E-state index contributed by atoms with van der Waals surface area (Å²) < 4.78 is 0. The van der Waals surface area contributed by atoms with Crippen LogP contribution in [0.2, 0.25) is 0 Å². The third-order valence-corrected chi connectivity index (χ3v) is 5.14. The predicted octanol–water partition coefficient (Wildman–Crippen LogP) is 3.29. The number of para-hydroxylation sites is 1. The van der Waals surface area contributed by atoms with Gasteiger partial charge in [0.1, 0.15) is 5.25 Å². The largest absolute Gasteiger partial charge is 0.481 e. The molecule has 6 nitrogen and oxygen atoms in total. The van der Waals surface area contributed by atoms with Gasteiger partial charge in [-0.2, -0.15) is 5.10 Å². The Kier molecular flexibility index (Phi) is 5.30. The number of aliphatic carboxylic acids is 1. The van der Waals surface area contributed by atoms with E-state index >= 15 is 0 Å². The standard InChI is InChI=1S/C17H19N3O3S/c21-15(22)11-14-16(23)20(13-9-5-2-6-10-13)17(24-14)19-18-12-7-3-1-4-8-12/h2,5-6,9-10,14H,1,3-4,7-8,11H2,(H,21,22)/b19-17+/t14-/m0/s1. The van der Waals surface area contributed by atoms with Crippen molar-refractivity contribution in [3.63, 3.8) is 0 Å². The number of carbonyl (C=O) groups excluding carboxylic acids is 1. The Bertz CT molecular complexity index is 680. The van der Waals surface area contributed by atoms with Gasteiger partial charge >= 0.3 is 5.97 Å². The number of amides is 1. The fraction of sp³-hybridized carbons (Fsp3) is 0.412. The maximum absolute atomic E-state index is 12.6. The van der Waals surface area contributed by atoms with Gasteiger partial charge in [-0.1, -0.05) is 36.4 Å². The molecule has 0 unspecified atom stereocenters. The van der Waals surface area contributed by atoms with Crippen molar-refractivity contribution in [1.82, 2.24) is 0 Å². The summed E-state index contributed by atoms with van der Waals surface area (Å²) in [5, 5.41) is 17.4. The van der Waals surface area contributed by atoms with E-state index in [1.165, 1.54) is 23.1 Å². The highest BCUT2D eigenvalue weighted by Crippen LogP contribution is 2.33. The first-order valence-electron chi connectivity index (χ1n) is 8.06. The molecule has 7 heteroatoms. The summed E-state index contributed by atoms with van der Waals surface area (Å²) in [6, 6.07) is 9.16. The smallest absolute Gasteiger partial charge is 0.305 e. The molecule has 1 N–H and O–H groups in total. The Morgan fingerprint density at radius 1 is 1.17 bits per heavy atom. The first-order chi connectivity index (χ1) is 11.6. The number of hydrogen-bond acceptors (Lipinski definition) is 5. The third-order valence-electron chi connectivity index (χ3n) is 4.02. The Labute approximate surface area is 144 Å². The maximum atomic E-state index is 12.6. The lowest BCUT2D eigenvalue weighted by molar-refractivity contribution is -0.138. The second-order valence-corrected chi connectivity index (χ2v) is 6.99. The number of thioether (sulfide) groups is 1. The van der Waals surface area contributed by atoms with E-state index in [1.807, 2.05) is 30.3 Å². The van der Waals surface area contributed by atoms with Crippen molar-refractivity contribution in [3.05, 3.63) is 30.3 Å². The molecule has 1 saturated heterocycles. The van der Waals surface area contributed by atoms with Crippen LogP contribution in [0.3, 0.4) is 0 Å². The summed E-state index contributed by atoms with van der Waals surface area (Å²) in [5.74, 6) is -1.25. The molecule has 0 aromatic heterocycles. The van der Waals surface area contributed by atoms with Crippen molar-refractivity contribution in [1.29, 1.82) is 0 Å². The number of anilines is 1. The number of carboxylic acid groups (broad SMARTS) is 1. The van der Waals surface area contributed by atoms with Gasteiger partial charge < -0.3 is 5.11 Å². The van der Waals surface area contributed by atoms with Crippen molar-refractivity contribution in [2.75, 3.05) is 4.90 Å². The Hall–Kier alpha value is -2.15. The van der Waals surface area contributed by atoms with Gasteiger partial charge in [0.05, 0.1) is 12.1 Å². The first-order valence-corrected chi connectivity index (χ1v) is 8.94. The number of nitrogens with zero attached hydrogens (tertiary/aromatic N) is 3. The van der Waals surface area contributed by atoms with Gasteiger partial charge in [-0.3, -0.25) is 14.5 Å². The molecule has 24 heavy (non-hydrogen) atoms. The number of rotatable bonds is 4. The summed E-state index contributed by atoms with van der Waals surface area (Å²) >= 11 is 1.18. The molecular formula is C17H19N3O3S. The average molecular weight is 345 g/mol. The third kappa shape index (κ3) is 3.84. The van der Waals surface area contributed by atoms with Crippen LogP contribution in [0, 0.1) is 0 Å². The van der Waals surface area contributed by atoms with Gasteiger partial charge in [-0.05, 0) is 37.8 Å². The summed E-state index contributed by atoms with van der Waals surface area (Å²) in [4.78, 5) is 25.1. The minimum absolute atomic E-state index is 0.220. The van der Waals surface area contributed by atoms with Crippen LogP contribution >= 0.6 is 11.8 Å². The molecule has 0 bridgehead atoms. The van der Waals surface area contributed by atoms with Crippen LogP contribution in [0.4, 0.5) is 5.69 Å². The lowest BCUT2D eigenvalue weighted by Crippen LogP contribution is -2.32. The molecule has 2 fully saturated rings. The zero-order valence-electron chi connectivity index (χ0n) is 13.2. The van der Waals surface area contributed by atoms with Gasteiger partial charge in [-0.15, -0.1) is 5.10 Å². The van der Waals surface area contributed by atoms with Crippen molar-refractivity contribution < 1.29 is 14.7 Å². The van der Waals surface area contributed by atoms with Gasteiger partial charge in [0.25, 0.3) is 0 Å². The number of carboxylic acids is 1. The number of benzene rings is 1. The first kappa shape index (κ1) is 16.7. The van der Waals surface area contributed by atoms with E-state index in [0.717, 1.165) is 31.4 Å². The van der Waals surface area contributed by atoms with Crippen molar-refractivity contribution in [2.45, 2.75) is 43.8 Å². The summed E-state index contributed by atoms with van der Waals surface area (Å²) in [7, 11) is 0. The van der Waals surface area contributed by atoms with Crippen LogP contribution in [0.5, 0.6) is 0 Å². The van der Waals surface area contributed by atoms with Gasteiger partial charge in [0.2, 0.25) is 5.91 Å². The van der Waals surface area contributed by atoms with E-state index in [9.17, 15) is 9.59 Å². The lowest BCUT2D eigenvalue weighted by atomic mass is 9.99. The van der Waals surface area contributed by atoms with Crippen molar-refractivity contribution >= 4 is 40.2 Å². The van der Waals surface area contributed by atoms with E-state index in [2.05, 4.69) is 10.2 Å². The molecule has 1 aliphatic carbocycles. The number of amidine groups is 1. The molecule has 126 valence electrons. The highest BCUT2D eigenvalue weighted by Gasteiger charge is 2.40. The van der Waals surface area contributed by atoms with Gasteiger partial charge in [0.15, 0.2) is 5.17 Å². The minimum Gasteiger partial charge on any atom is -0.481 e. The second kappa shape index (κ2) is 7.61. The van der Waals surface area contributed by atoms with Gasteiger partial charge in [0, 0.05) is 5.71 Å². The number of hydrogen-bond donors (Lipinski definition) is 1. The monoisotopic (exact) mass is 345 g/mol. The average Bonchev–Trinajstić information content (AvgIpc) is 2.90. The van der Waals surface area contributed by atoms with Crippen LogP contribution in [0.1, 0.15) is 38.5 Å². The quantitative estimate of drug-likeness (QED) is 0.849. The van der Waals surface area contributed by atoms with E-state index in [0.29, 0.717) is 10.9 Å². The SMILES string of the molecule is O=C(O)C[C@@H]1S/C(=N/N=C2CCCCC2)N(c2ccccc2)C1=O. The second-order valence-electron chi connectivity index (χ2n) is 5.82. The molecule has 1 amide bonds. The van der Waals surface area contributed by atoms with Crippen LogP contribution in [-0.4, -0.2) is 33.1 Å². The fourth-order valence-corrected chi connectivity index (χ4v) is 3.89. The predicted molar refractivity (Wildman–Crippen MR) is 95.5 cm³/mol. The Morgan fingerprint density at radius 3 is 2.54 bits per heavy atom. The normalized spacial score (nSPS) is 22.9. The van der Waals surface area contributed by atoms with E-state index in [1.54, 1.807) is 0 Å². The molecule has 3 rings (SSSR count). The molecule has 1 heterocycles. The molecule has 0 spiro atoms. The van der Waals surface area contributed by atoms with Crippen LogP contribution in [-0.2, 0) is 9.59 Å². The molecular weight excluding hydrogens is 326 g/mol. The van der Waals surface area contributed by atoms with Crippen LogP contribution in [0.15, 0.2) is 40.5 Å². The lowest BCUT2D eigenvalue weighted by Gasteiger charge is -2.16. The molecule has 1 aromatic carbocycles. The molecule has 1 saturated carbocycles. The summed E-state index contributed by atoms with van der Waals surface area (Å²) in [6.45, 7) is 0. The van der Waals surface area contributed by atoms with Gasteiger partial charge in [-0.25, -0.2) is 0 Å². The Morgan fingerprint density at radius 2 is 1.88 bits per heavy atom. The van der Waals surface area contributed by atoms with E-state index in [-0.39, 0.29) is 12.3 Å². The Balaban J connectivity index is 1.88. The zero-order valence-corrected chi connectivity index (χ0v) is 14.0. The molecule has 1 aromatic rings. The van der Waals surface area contributed by atoms with Crippen molar-refractivity contribution in [3.8, 4) is 0 Å².